The molecule has 3 heteroatoms. The maximum Gasteiger partial charge on any atom is 0.180 e. The highest BCUT2D eigenvalue weighted by atomic mass is 32.1. The number of nitrogens with zero attached hydrogens (tertiary/aromatic N) is 1. The average Bonchev–Trinajstić information content (AvgIpc) is 2.62. The first-order valence-corrected chi connectivity index (χ1v) is 5.81. The molecule has 0 atom stereocenters. The standard InChI is InChI=1S/C12H14N2S/c1-8(2)11-10(14-12(13)15-11)9-6-4-3-5-7-9/h3-8H,1-2H3,(H2,13,14). The number of nitrogens with two attached hydrogens (primary N) is 1. The molecule has 0 spiro atoms. The Kier molecular flexibility index (Phi) is 2.73. The van der Waals surface area contributed by atoms with E-state index in [-0.39, 0.29) is 0 Å². The third-order valence-electron chi connectivity index (χ3n) is 2.24. The minimum Gasteiger partial charge on any atom is -0.375 e. The van der Waals surface area contributed by atoms with Gasteiger partial charge in [-0.1, -0.05) is 44.2 Å². The van der Waals surface area contributed by atoms with Gasteiger partial charge in [-0.15, -0.1) is 11.3 Å². The SMILES string of the molecule is CC(C)c1sc(N)nc1-c1ccccc1. The van der Waals surface area contributed by atoms with Gasteiger partial charge in [-0.05, 0) is 5.92 Å². The van der Waals surface area contributed by atoms with Crippen LogP contribution in [0.1, 0.15) is 24.6 Å². The number of anilines is 1. The van der Waals surface area contributed by atoms with Crippen LogP contribution in [0, 0.1) is 0 Å². The van der Waals surface area contributed by atoms with Crippen LogP contribution in [0.4, 0.5) is 5.13 Å². The Morgan fingerprint density at radius 1 is 1.20 bits per heavy atom. The van der Waals surface area contributed by atoms with Crippen molar-refractivity contribution in [3.8, 4) is 11.3 Å². The van der Waals surface area contributed by atoms with Gasteiger partial charge in [0.1, 0.15) is 0 Å². The molecule has 0 radical (unpaired) electrons. The molecule has 2 nitrogen and oxygen atoms in total. The van der Waals surface area contributed by atoms with Crippen molar-refractivity contribution in [1.82, 2.24) is 4.98 Å². The first kappa shape index (κ1) is 10.2. The maximum absolute atomic E-state index is 5.76. The third-order valence-corrected chi connectivity index (χ3v) is 3.43. The summed E-state index contributed by atoms with van der Waals surface area (Å²) in [6.07, 6.45) is 0. The first-order valence-electron chi connectivity index (χ1n) is 5.00. The molecule has 0 aliphatic heterocycles. The average molecular weight is 218 g/mol. The van der Waals surface area contributed by atoms with E-state index in [1.54, 1.807) is 11.3 Å². The largest absolute Gasteiger partial charge is 0.375 e. The summed E-state index contributed by atoms with van der Waals surface area (Å²) in [6, 6.07) is 10.2. The van der Waals surface area contributed by atoms with E-state index in [2.05, 4.69) is 31.0 Å². The van der Waals surface area contributed by atoms with Gasteiger partial charge in [0.05, 0.1) is 5.69 Å². The molecule has 1 heterocycles. The van der Waals surface area contributed by atoms with Crippen LogP contribution in [0.25, 0.3) is 11.3 Å². The summed E-state index contributed by atoms with van der Waals surface area (Å²) >= 11 is 1.58. The Labute approximate surface area is 93.8 Å². The minimum absolute atomic E-state index is 0.468. The number of nitrogen functional groups attached to an aromatic ring is 1. The summed E-state index contributed by atoms with van der Waals surface area (Å²) in [5.41, 5.74) is 7.94. The van der Waals surface area contributed by atoms with E-state index in [0.717, 1.165) is 11.3 Å². The molecule has 2 rings (SSSR count). The van der Waals surface area contributed by atoms with Gasteiger partial charge in [0.2, 0.25) is 0 Å². The number of aromatic nitrogens is 1. The molecule has 15 heavy (non-hydrogen) atoms. The molecule has 0 saturated heterocycles. The first-order chi connectivity index (χ1) is 7.18. The van der Waals surface area contributed by atoms with Gasteiger partial charge in [0.15, 0.2) is 5.13 Å². The fourth-order valence-corrected chi connectivity index (χ4v) is 2.40. The Balaban J connectivity index is 2.53. The van der Waals surface area contributed by atoms with Gasteiger partial charge in [0.25, 0.3) is 0 Å². The second-order valence-corrected chi connectivity index (χ2v) is 4.85. The molecule has 0 aliphatic carbocycles. The molecule has 0 fully saturated rings. The van der Waals surface area contributed by atoms with Crippen LogP contribution in [-0.2, 0) is 0 Å². The van der Waals surface area contributed by atoms with Crippen molar-refractivity contribution in [3.05, 3.63) is 35.2 Å². The topological polar surface area (TPSA) is 38.9 Å². The molecular formula is C12H14N2S. The summed E-state index contributed by atoms with van der Waals surface area (Å²) in [7, 11) is 0. The maximum atomic E-state index is 5.76. The lowest BCUT2D eigenvalue weighted by Crippen LogP contribution is -1.87. The number of hydrogen-bond donors (Lipinski definition) is 1. The Morgan fingerprint density at radius 2 is 1.87 bits per heavy atom. The highest BCUT2D eigenvalue weighted by molar-refractivity contribution is 7.15. The van der Waals surface area contributed by atoms with Gasteiger partial charge >= 0.3 is 0 Å². The zero-order valence-electron chi connectivity index (χ0n) is 8.90. The highest BCUT2D eigenvalue weighted by Crippen LogP contribution is 2.34. The van der Waals surface area contributed by atoms with Gasteiger partial charge in [0, 0.05) is 10.4 Å². The quantitative estimate of drug-likeness (QED) is 0.837. The van der Waals surface area contributed by atoms with E-state index in [1.807, 2.05) is 18.2 Å². The van der Waals surface area contributed by atoms with Crippen LogP contribution < -0.4 is 5.73 Å². The van der Waals surface area contributed by atoms with Crippen LogP contribution in [0.2, 0.25) is 0 Å². The number of benzene rings is 1. The molecule has 2 N–H and O–H groups in total. The predicted octanol–water partition coefficient (Wildman–Crippen LogP) is 3.52. The van der Waals surface area contributed by atoms with E-state index in [0.29, 0.717) is 11.0 Å². The van der Waals surface area contributed by atoms with Gasteiger partial charge in [-0.25, -0.2) is 4.98 Å². The summed E-state index contributed by atoms with van der Waals surface area (Å²) in [5, 5.41) is 0.651. The van der Waals surface area contributed by atoms with E-state index >= 15 is 0 Å². The highest BCUT2D eigenvalue weighted by Gasteiger charge is 2.13. The third kappa shape index (κ3) is 2.02. The van der Waals surface area contributed by atoms with Crippen molar-refractivity contribution < 1.29 is 0 Å². The Morgan fingerprint density at radius 3 is 2.47 bits per heavy atom. The van der Waals surface area contributed by atoms with Crippen molar-refractivity contribution in [1.29, 1.82) is 0 Å². The summed E-state index contributed by atoms with van der Waals surface area (Å²) in [4.78, 5) is 5.66. The second kappa shape index (κ2) is 4.03. The van der Waals surface area contributed by atoms with Crippen LogP contribution in [-0.4, -0.2) is 4.98 Å². The molecule has 0 saturated carbocycles. The van der Waals surface area contributed by atoms with Crippen molar-refractivity contribution >= 4 is 16.5 Å². The van der Waals surface area contributed by atoms with Crippen molar-refractivity contribution in [2.75, 3.05) is 5.73 Å². The molecule has 0 amide bonds. The zero-order valence-corrected chi connectivity index (χ0v) is 9.71. The van der Waals surface area contributed by atoms with Gasteiger partial charge in [-0.3, -0.25) is 0 Å². The molecule has 2 aromatic rings. The van der Waals surface area contributed by atoms with E-state index in [1.165, 1.54) is 4.88 Å². The van der Waals surface area contributed by atoms with E-state index < -0.39 is 0 Å². The molecule has 1 aromatic heterocycles. The van der Waals surface area contributed by atoms with Gasteiger partial charge in [-0.2, -0.15) is 0 Å². The predicted molar refractivity (Wildman–Crippen MR) is 66.1 cm³/mol. The lowest BCUT2D eigenvalue weighted by Gasteiger charge is -2.04. The Hall–Kier alpha value is -1.35. The second-order valence-electron chi connectivity index (χ2n) is 3.79. The lowest BCUT2D eigenvalue weighted by atomic mass is 10.1. The summed E-state index contributed by atoms with van der Waals surface area (Å²) in [6.45, 7) is 4.33. The van der Waals surface area contributed by atoms with E-state index in [9.17, 15) is 0 Å². The van der Waals surface area contributed by atoms with E-state index in [4.69, 9.17) is 5.73 Å². The smallest absolute Gasteiger partial charge is 0.180 e. The number of hydrogen-bond acceptors (Lipinski definition) is 3. The normalized spacial score (nSPS) is 10.9. The molecule has 78 valence electrons. The van der Waals surface area contributed by atoms with Crippen molar-refractivity contribution in [2.24, 2.45) is 0 Å². The number of rotatable bonds is 2. The molecule has 0 unspecified atom stereocenters. The monoisotopic (exact) mass is 218 g/mol. The molecule has 1 aromatic carbocycles. The molecule has 0 aliphatic rings. The Bertz CT molecular complexity index is 446. The minimum atomic E-state index is 0.468. The van der Waals surface area contributed by atoms with Gasteiger partial charge < -0.3 is 5.73 Å². The van der Waals surface area contributed by atoms with Crippen LogP contribution in [0.15, 0.2) is 30.3 Å². The fraction of sp³-hybridized carbons (Fsp3) is 0.250. The summed E-state index contributed by atoms with van der Waals surface area (Å²) < 4.78 is 0. The summed E-state index contributed by atoms with van der Waals surface area (Å²) in [5.74, 6) is 0.468. The lowest BCUT2D eigenvalue weighted by molar-refractivity contribution is 0.888. The fourth-order valence-electron chi connectivity index (χ4n) is 1.54. The zero-order chi connectivity index (χ0) is 10.8. The van der Waals surface area contributed by atoms with Crippen LogP contribution in [0.5, 0.6) is 0 Å². The molecule has 0 bridgehead atoms. The van der Waals surface area contributed by atoms with Crippen molar-refractivity contribution in [2.45, 2.75) is 19.8 Å². The van der Waals surface area contributed by atoms with Crippen LogP contribution in [0.3, 0.4) is 0 Å². The number of thiazole rings is 1. The van der Waals surface area contributed by atoms with Crippen molar-refractivity contribution in [3.63, 3.8) is 0 Å². The van der Waals surface area contributed by atoms with Crippen LogP contribution >= 0.6 is 11.3 Å². The molecular weight excluding hydrogens is 204 g/mol.